The van der Waals surface area contributed by atoms with Crippen LogP contribution in [0.15, 0.2) is 23.1 Å². The molecule has 1 aromatic rings. The maximum Gasteiger partial charge on any atom is 0.324 e. The quantitative estimate of drug-likeness (QED) is 0.540. The molecule has 0 heterocycles. The number of aliphatic hydroxyl groups is 1. The van der Waals surface area contributed by atoms with Crippen LogP contribution in [0.3, 0.4) is 0 Å². The van der Waals surface area contributed by atoms with Crippen molar-refractivity contribution >= 4 is 21.9 Å². The van der Waals surface area contributed by atoms with Crippen LogP contribution in [0, 0.1) is 6.92 Å². The minimum Gasteiger partial charge on any atom is -0.480 e. The van der Waals surface area contributed by atoms with Gasteiger partial charge in [0, 0.05) is 5.56 Å². The lowest BCUT2D eigenvalue weighted by Gasteiger charge is -2.17. The standard InChI is InChI=1S/C12H16N2O6S/c1-6-3-4-8(5-9(6)11(13)16)21(19,20)14-10(7(2)15)12(17)18/h3-5,7,10,14-15H,1-2H3,(H2,13,16)(H,17,18)/t7-,10+/m1/s1. The normalized spacial score (nSPS) is 14.4. The Kier molecular flexibility index (Phi) is 5.05. The Bertz CT molecular complexity index is 668. The van der Waals surface area contributed by atoms with E-state index in [0.717, 1.165) is 13.0 Å². The first-order chi connectivity index (χ1) is 9.56. The van der Waals surface area contributed by atoms with Gasteiger partial charge in [-0.05, 0) is 31.5 Å². The zero-order valence-electron chi connectivity index (χ0n) is 11.4. The van der Waals surface area contributed by atoms with E-state index in [-0.39, 0.29) is 10.5 Å². The van der Waals surface area contributed by atoms with E-state index in [4.69, 9.17) is 10.8 Å². The minimum absolute atomic E-state index is 0.0156. The number of nitrogens with one attached hydrogen (secondary N) is 1. The number of hydrogen-bond acceptors (Lipinski definition) is 5. The number of aliphatic carboxylic acids is 1. The third-order valence-electron chi connectivity index (χ3n) is 2.82. The lowest BCUT2D eigenvalue weighted by molar-refractivity contribution is -0.141. The average molecular weight is 316 g/mol. The van der Waals surface area contributed by atoms with Crippen LogP contribution in [-0.2, 0) is 14.8 Å². The summed E-state index contributed by atoms with van der Waals surface area (Å²) in [6.07, 6.45) is -1.43. The molecule has 0 aliphatic heterocycles. The van der Waals surface area contributed by atoms with Crippen LogP contribution in [0.5, 0.6) is 0 Å². The fraction of sp³-hybridized carbons (Fsp3) is 0.333. The number of amides is 1. The summed E-state index contributed by atoms with van der Waals surface area (Å²) in [5.41, 5.74) is 5.64. The monoisotopic (exact) mass is 316 g/mol. The summed E-state index contributed by atoms with van der Waals surface area (Å²) in [4.78, 5) is 21.8. The van der Waals surface area contributed by atoms with E-state index in [0.29, 0.717) is 5.56 Å². The van der Waals surface area contributed by atoms with Crippen LogP contribution >= 0.6 is 0 Å². The number of carboxylic acids is 1. The van der Waals surface area contributed by atoms with Gasteiger partial charge in [-0.25, -0.2) is 8.42 Å². The van der Waals surface area contributed by atoms with Crippen molar-refractivity contribution in [2.45, 2.75) is 30.9 Å². The SMILES string of the molecule is Cc1ccc(S(=O)(=O)N[C@H](C(=O)O)[C@@H](C)O)cc1C(N)=O. The number of sulfonamides is 1. The Labute approximate surface area is 121 Å². The number of hydrogen-bond donors (Lipinski definition) is 4. The molecule has 1 rings (SSSR count). The predicted octanol–water partition coefficient (Wildman–Crippen LogP) is -0.794. The highest BCUT2D eigenvalue weighted by Gasteiger charge is 2.29. The Hall–Kier alpha value is -1.97. The molecule has 1 amide bonds. The zero-order chi connectivity index (χ0) is 16.4. The van der Waals surface area contributed by atoms with Crippen molar-refractivity contribution in [3.8, 4) is 0 Å². The second kappa shape index (κ2) is 6.20. The highest BCUT2D eigenvalue weighted by molar-refractivity contribution is 7.89. The first-order valence-corrected chi connectivity index (χ1v) is 7.38. The molecule has 0 unspecified atom stereocenters. The van der Waals surface area contributed by atoms with Crippen molar-refractivity contribution in [2.24, 2.45) is 5.73 Å². The molecule has 0 spiro atoms. The molecule has 0 saturated heterocycles. The van der Waals surface area contributed by atoms with Crippen LogP contribution in [0.1, 0.15) is 22.8 Å². The summed E-state index contributed by atoms with van der Waals surface area (Å²) in [5.74, 6) is -2.31. The largest absolute Gasteiger partial charge is 0.480 e. The maximum absolute atomic E-state index is 12.1. The number of benzene rings is 1. The fourth-order valence-corrected chi connectivity index (χ4v) is 2.91. The first kappa shape index (κ1) is 17.1. The summed E-state index contributed by atoms with van der Waals surface area (Å²) < 4.78 is 26.1. The van der Waals surface area contributed by atoms with Crippen LogP contribution in [0.4, 0.5) is 0 Å². The van der Waals surface area contributed by atoms with Gasteiger partial charge in [-0.1, -0.05) is 6.07 Å². The molecule has 0 fully saturated rings. The topological polar surface area (TPSA) is 147 Å². The van der Waals surface area contributed by atoms with E-state index in [1.165, 1.54) is 12.1 Å². The molecule has 0 radical (unpaired) electrons. The van der Waals surface area contributed by atoms with Crippen molar-refractivity contribution in [2.75, 3.05) is 0 Å². The van der Waals surface area contributed by atoms with Gasteiger partial charge in [-0.2, -0.15) is 4.72 Å². The van der Waals surface area contributed by atoms with Gasteiger partial charge in [0.1, 0.15) is 6.04 Å². The van der Waals surface area contributed by atoms with Gasteiger partial charge in [0.25, 0.3) is 0 Å². The Morgan fingerprint density at radius 1 is 1.33 bits per heavy atom. The number of rotatable bonds is 6. The van der Waals surface area contributed by atoms with Gasteiger partial charge in [0.15, 0.2) is 0 Å². The van der Waals surface area contributed by atoms with Crippen molar-refractivity contribution in [3.05, 3.63) is 29.3 Å². The number of aryl methyl sites for hydroxylation is 1. The third-order valence-corrected chi connectivity index (χ3v) is 4.25. The Morgan fingerprint density at radius 3 is 2.33 bits per heavy atom. The second-order valence-electron chi connectivity index (χ2n) is 4.52. The molecule has 5 N–H and O–H groups in total. The number of carboxylic acid groups (broad SMARTS) is 1. The molecule has 8 nitrogen and oxygen atoms in total. The van der Waals surface area contributed by atoms with Gasteiger partial charge in [-0.3, -0.25) is 9.59 Å². The lowest BCUT2D eigenvalue weighted by atomic mass is 10.1. The zero-order valence-corrected chi connectivity index (χ0v) is 12.2. The molecule has 116 valence electrons. The summed E-state index contributed by atoms with van der Waals surface area (Å²) in [6, 6.07) is 1.95. The fourth-order valence-electron chi connectivity index (χ4n) is 1.62. The predicted molar refractivity (Wildman–Crippen MR) is 73.1 cm³/mol. The lowest BCUT2D eigenvalue weighted by Crippen LogP contribution is -2.47. The van der Waals surface area contributed by atoms with Crippen LogP contribution in [0.2, 0.25) is 0 Å². The first-order valence-electron chi connectivity index (χ1n) is 5.90. The Balaban J connectivity index is 3.22. The van der Waals surface area contributed by atoms with Crippen LogP contribution in [0.25, 0.3) is 0 Å². The molecule has 0 aliphatic rings. The van der Waals surface area contributed by atoms with Crippen LogP contribution < -0.4 is 10.5 Å². The number of nitrogens with two attached hydrogens (primary N) is 1. The van der Waals surface area contributed by atoms with Crippen molar-refractivity contribution in [3.63, 3.8) is 0 Å². The Morgan fingerprint density at radius 2 is 1.90 bits per heavy atom. The molecule has 0 aromatic heterocycles. The summed E-state index contributed by atoms with van der Waals surface area (Å²) >= 11 is 0. The molecule has 0 bridgehead atoms. The van der Waals surface area contributed by atoms with Crippen molar-refractivity contribution in [1.29, 1.82) is 0 Å². The molecule has 1 aromatic carbocycles. The van der Waals surface area contributed by atoms with E-state index >= 15 is 0 Å². The second-order valence-corrected chi connectivity index (χ2v) is 6.23. The summed E-state index contributed by atoms with van der Waals surface area (Å²) in [6.45, 7) is 2.73. The highest BCUT2D eigenvalue weighted by Crippen LogP contribution is 2.16. The highest BCUT2D eigenvalue weighted by atomic mass is 32.2. The summed E-state index contributed by atoms with van der Waals surface area (Å²) in [5, 5.41) is 18.2. The van der Waals surface area contributed by atoms with E-state index in [1.807, 2.05) is 4.72 Å². The summed E-state index contributed by atoms with van der Waals surface area (Å²) in [7, 11) is -4.22. The number of primary amides is 1. The maximum atomic E-state index is 12.1. The molecular weight excluding hydrogens is 300 g/mol. The minimum atomic E-state index is -4.22. The molecular formula is C12H16N2O6S. The van der Waals surface area contributed by atoms with Gasteiger partial charge < -0.3 is 15.9 Å². The van der Waals surface area contributed by atoms with E-state index in [2.05, 4.69) is 0 Å². The van der Waals surface area contributed by atoms with E-state index < -0.39 is 34.0 Å². The number of carbonyl (C=O) groups excluding carboxylic acids is 1. The van der Waals surface area contributed by atoms with Gasteiger partial charge in [-0.15, -0.1) is 0 Å². The van der Waals surface area contributed by atoms with E-state index in [1.54, 1.807) is 6.92 Å². The average Bonchev–Trinajstić information content (AvgIpc) is 2.35. The van der Waals surface area contributed by atoms with E-state index in [9.17, 15) is 23.1 Å². The van der Waals surface area contributed by atoms with Crippen molar-refractivity contribution in [1.82, 2.24) is 4.72 Å². The molecule has 2 atom stereocenters. The van der Waals surface area contributed by atoms with Gasteiger partial charge >= 0.3 is 5.97 Å². The molecule has 9 heteroatoms. The molecule has 21 heavy (non-hydrogen) atoms. The number of carbonyl (C=O) groups is 2. The van der Waals surface area contributed by atoms with Gasteiger partial charge in [0.2, 0.25) is 15.9 Å². The third kappa shape index (κ3) is 4.00. The van der Waals surface area contributed by atoms with Crippen molar-refractivity contribution < 1.29 is 28.2 Å². The molecule has 0 saturated carbocycles. The smallest absolute Gasteiger partial charge is 0.324 e. The van der Waals surface area contributed by atoms with Gasteiger partial charge in [0.05, 0.1) is 11.0 Å². The number of aliphatic hydroxyl groups excluding tert-OH is 1. The molecule has 0 aliphatic carbocycles. The van der Waals surface area contributed by atoms with Crippen LogP contribution in [-0.4, -0.2) is 42.7 Å².